The van der Waals surface area contributed by atoms with Gasteiger partial charge in [-0.2, -0.15) is 4.98 Å². The molecule has 0 spiro atoms. The summed E-state index contributed by atoms with van der Waals surface area (Å²) in [5, 5.41) is 4.65. The van der Waals surface area contributed by atoms with Crippen LogP contribution in [0.15, 0.2) is 28.8 Å². The van der Waals surface area contributed by atoms with E-state index >= 15 is 0 Å². The Balaban J connectivity index is 2.00. The lowest BCUT2D eigenvalue weighted by atomic mass is 10.2. The van der Waals surface area contributed by atoms with Crippen LogP contribution in [0, 0.1) is 0 Å². The summed E-state index contributed by atoms with van der Waals surface area (Å²) in [4.78, 5) is 6.41. The second-order valence-corrected chi connectivity index (χ2v) is 4.69. The molecule has 1 aromatic heterocycles. The summed E-state index contributed by atoms with van der Waals surface area (Å²) in [6.07, 6.45) is 0. The van der Waals surface area contributed by atoms with E-state index in [4.69, 9.17) is 20.9 Å². The van der Waals surface area contributed by atoms with Gasteiger partial charge in [-0.3, -0.25) is 4.90 Å². The molecule has 0 aliphatic carbocycles. The number of hydrogen-bond donors (Lipinski definition) is 0. The highest BCUT2D eigenvalue weighted by atomic mass is 35.5. The number of methoxy groups -OCH3 is 1. The van der Waals surface area contributed by atoms with Crippen molar-refractivity contribution in [3.05, 3.63) is 35.2 Å². The van der Waals surface area contributed by atoms with Crippen molar-refractivity contribution in [3.8, 4) is 11.4 Å². The zero-order valence-corrected chi connectivity index (χ0v) is 11.7. The summed E-state index contributed by atoms with van der Waals surface area (Å²) in [7, 11) is 3.66. The first-order chi connectivity index (χ1) is 9.19. The van der Waals surface area contributed by atoms with Gasteiger partial charge >= 0.3 is 0 Å². The van der Waals surface area contributed by atoms with Crippen molar-refractivity contribution in [1.82, 2.24) is 15.0 Å². The van der Waals surface area contributed by atoms with Crippen LogP contribution in [0.5, 0.6) is 0 Å². The van der Waals surface area contributed by atoms with Crippen LogP contribution >= 0.6 is 11.6 Å². The van der Waals surface area contributed by atoms with Gasteiger partial charge in [-0.1, -0.05) is 16.8 Å². The minimum Gasteiger partial charge on any atom is -0.383 e. The minimum absolute atomic E-state index is 0.576. The van der Waals surface area contributed by atoms with Crippen LogP contribution in [-0.2, 0) is 11.3 Å². The van der Waals surface area contributed by atoms with Crippen LogP contribution in [0.25, 0.3) is 11.4 Å². The molecule has 0 N–H and O–H groups in total. The van der Waals surface area contributed by atoms with Crippen LogP contribution < -0.4 is 0 Å². The zero-order valence-electron chi connectivity index (χ0n) is 11.0. The summed E-state index contributed by atoms with van der Waals surface area (Å²) >= 11 is 5.84. The molecule has 0 saturated carbocycles. The molecule has 6 heteroatoms. The van der Waals surface area contributed by atoms with Crippen LogP contribution in [-0.4, -0.2) is 42.3 Å². The quantitative estimate of drug-likeness (QED) is 0.814. The van der Waals surface area contributed by atoms with Crippen molar-refractivity contribution in [2.75, 3.05) is 27.3 Å². The van der Waals surface area contributed by atoms with Crippen molar-refractivity contribution < 1.29 is 9.26 Å². The third-order valence-electron chi connectivity index (χ3n) is 2.65. The molecular weight excluding hydrogens is 266 g/mol. The second kappa shape index (κ2) is 6.65. The van der Waals surface area contributed by atoms with Crippen molar-refractivity contribution in [3.63, 3.8) is 0 Å². The van der Waals surface area contributed by atoms with Gasteiger partial charge in [0, 0.05) is 24.2 Å². The summed E-state index contributed by atoms with van der Waals surface area (Å²) < 4.78 is 10.2. The fourth-order valence-electron chi connectivity index (χ4n) is 1.59. The Bertz CT molecular complexity index is 513. The molecule has 0 fully saturated rings. The van der Waals surface area contributed by atoms with Gasteiger partial charge in [0.2, 0.25) is 11.7 Å². The molecule has 0 radical (unpaired) electrons. The Hall–Kier alpha value is -1.43. The molecule has 0 saturated heterocycles. The number of halogens is 1. The average molecular weight is 282 g/mol. The topological polar surface area (TPSA) is 51.4 Å². The number of likely N-dealkylation sites (N-methyl/N-ethyl adjacent to an activating group) is 1. The summed E-state index contributed by atoms with van der Waals surface area (Å²) in [5.74, 6) is 1.16. The standard InChI is InChI=1S/C13H16ClN3O2/c1-17(7-8-18-2)9-12-15-13(16-19-12)10-3-5-11(14)6-4-10/h3-6H,7-9H2,1-2H3. The van der Waals surface area contributed by atoms with E-state index in [2.05, 4.69) is 15.0 Å². The first-order valence-corrected chi connectivity index (χ1v) is 6.33. The van der Waals surface area contributed by atoms with E-state index in [0.717, 1.165) is 12.1 Å². The largest absolute Gasteiger partial charge is 0.383 e. The Morgan fingerprint density at radius 3 is 2.74 bits per heavy atom. The fourth-order valence-corrected chi connectivity index (χ4v) is 1.72. The smallest absolute Gasteiger partial charge is 0.241 e. The molecule has 0 atom stereocenters. The van der Waals surface area contributed by atoms with Gasteiger partial charge in [-0.05, 0) is 31.3 Å². The molecule has 1 aromatic carbocycles. The van der Waals surface area contributed by atoms with E-state index in [9.17, 15) is 0 Å². The van der Waals surface area contributed by atoms with E-state index in [0.29, 0.717) is 29.9 Å². The second-order valence-electron chi connectivity index (χ2n) is 4.25. The molecule has 2 rings (SSSR count). The van der Waals surface area contributed by atoms with E-state index in [1.165, 1.54) is 0 Å². The van der Waals surface area contributed by atoms with E-state index in [1.807, 2.05) is 19.2 Å². The summed E-state index contributed by atoms with van der Waals surface area (Å²) in [5.41, 5.74) is 0.888. The molecule has 19 heavy (non-hydrogen) atoms. The lowest BCUT2D eigenvalue weighted by molar-refractivity contribution is 0.152. The van der Waals surface area contributed by atoms with Crippen LogP contribution in [0.4, 0.5) is 0 Å². The van der Waals surface area contributed by atoms with Crippen molar-refractivity contribution in [2.45, 2.75) is 6.54 Å². The molecular formula is C13H16ClN3O2. The predicted octanol–water partition coefficient (Wildman–Crippen LogP) is 2.47. The Kier molecular flexibility index (Phi) is 4.90. The number of hydrogen-bond acceptors (Lipinski definition) is 5. The number of nitrogens with zero attached hydrogens (tertiary/aromatic N) is 3. The zero-order chi connectivity index (χ0) is 13.7. The molecule has 2 aromatic rings. The highest BCUT2D eigenvalue weighted by Crippen LogP contribution is 2.18. The Morgan fingerprint density at radius 2 is 2.05 bits per heavy atom. The van der Waals surface area contributed by atoms with Crippen molar-refractivity contribution in [1.29, 1.82) is 0 Å². The van der Waals surface area contributed by atoms with E-state index in [1.54, 1.807) is 19.2 Å². The van der Waals surface area contributed by atoms with E-state index < -0.39 is 0 Å². The fraction of sp³-hybridized carbons (Fsp3) is 0.385. The molecule has 0 aliphatic heterocycles. The first-order valence-electron chi connectivity index (χ1n) is 5.95. The normalized spacial score (nSPS) is 11.2. The van der Waals surface area contributed by atoms with Crippen molar-refractivity contribution >= 4 is 11.6 Å². The molecule has 0 aliphatic rings. The number of aromatic nitrogens is 2. The van der Waals surface area contributed by atoms with Gasteiger partial charge in [0.1, 0.15) is 0 Å². The molecule has 5 nitrogen and oxygen atoms in total. The number of rotatable bonds is 6. The van der Waals surface area contributed by atoms with Gasteiger partial charge < -0.3 is 9.26 Å². The van der Waals surface area contributed by atoms with Gasteiger partial charge in [0.05, 0.1) is 13.2 Å². The number of ether oxygens (including phenoxy) is 1. The molecule has 0 bridgehead atoms. The lowest BCUT2D eigenvalue weighted by Gasteiger charge is -2.12. The van der Waals surface area contributed by atoms with Gasteiger partial charge in [-0.15, -0.1) is 0 Å². The maximum absolute atomic E-state index is 5.84. The average Bonchev–Trinajstić information content (AvgIpc) is 2.85. The first kappa shape index (κ1) is 14.0. The molecule has 102 valence electrons. The van der Waals surface area contributed by atoms with Gasteiger partial charge in [-0.25, -0.2) is 0 Å². The van der Waals surface area contributed by atoms with Gasteiger partial charge in [0.15, 0.2) is 0 Å². The number of benzene rings is 1. The van der Waals surface area contributed by atoms with Crippen molar-refractivity contribution in [2.24, 2.45) is 0 Å². The van der Waals surface area contributed by atoms with Crippen LogP contribution in [0.1, 0.15) is 5.89 Å². The SMILES string of the molecule is COCCN(C)Cc1nc(-c2ccc(Cl)cc2)no1. The highest BCUT2D eigenvalue weighted by Gasteiger charge is 2.10. The van der Waals surface area contributed by atoms with E-state index in [-0.39, 0.29) is 0 Å². The molecule has 0 unspecified atom stereocenters. The molecule has 1 heterocycles. The predicted molar refractivity (Wildman–Crippen MR) is 73.0 cm³/mol. The maximum Gasteiger partial charge on any atom is 0.241 e. The third kappa shape index (κ3) is 4.02. The summed E-state index contributed by atoms with van der Waals surface area (Å²) in [6.45, 7) is 2.09. The Labute approximate surface area is 117 Å². The Morgan fingerprint density at radius 1 is 1.32 bits per heavy atom. The maximum atomic E-state index is 5.84. The van der Waals surface area contributed by atoms with Crippen LogP contribution in [0.3, 0.4) is 0 Å². The van der Waals surface area contributed by atoms with Crippen LogP contribution in [0.2, 0.25) is 5.02 Å². The molecule has 0 amide bonds. The lowest BCUT2D eigenvalue weighted by Crippen LogP contribution is -2.22. The highest BCUT2D eigenvalue weighted by molar-refractivity contribution is 6.30. The monoisotopic (exact) mass is 281 g/mol. The third-order valence-corrected chi connectivity index (χ3v) is 2.90. The van der Waals surface area contributed by atoms with Gasteiger partial charge in [0.25, 0.3) is 0 Å². The minimum atomic E-state index is 0.576. The summed E-state index contributed by atoms with van der Waals surface area (Å²) in [6, 6.07) is 7.34.